The van der Waals surface area contributed by atoms with E-state index in [-0.39, 0.29) is 16.3 Å². The first-order valence-electron chi connectivity index (χ1n) is 5.95. The molecule has 0 spiro atoms. The van der Waals surface area contributed by atoms with Gasteiger partial charge in [0.25, 0.3) is 0 Å². The van der Waals surface area contributed by atoms with E-state index in [1.807, 2.05) is 6.92 Å². The van der Waals surface area contributed by atoms with Crippen LogP contribution in [-0.2, 0) is 4.79 Å². The van der Waals surface area contributed by atoms with Gasteiger partial charge in [0, 0.05) is 5.54 Å². The lowest BCUT2D eigenvalue weighted by Gasteiger charge is -2.41. The second-order valence-corrected chi connectivity index (χ2v) is 6.03. The molecular weight excluding hydrogens is 254 g/mol. The van der Waals surface area contributed by atoms with Gasteiger partial charge in [0.1, 0.15) is 0 Å². The highest BCUT2D eigenvalue weighted by molar-refractivity contribution is 9.10. The van der Waals surface area contributed by atoms with Crippen LogP contribution in [0.4, 0.5) is 0 Å². The molecule has 0 aromatic rings. The van der Waals surface area contributed by atoms with Gasteiger partial charge in [-0.15, -0.1) is 0 Å². The van der Waals surface area contributed by atoms with E-state index < -0.39 is 0 Å². The average molecular weight is 276 g/mol. The molecule has 1 rings (SSSR count). The van der Waals surface area contributed by atoms with E-state index in [9.17, 15) is 4.79 Å². The molecule has 1 aliphatic carbocycles. The van der Waals surface area contributed by atoms with Crippen LogP contribution in [0.25, 0.3) is 0 Å². The molecule has 0 bridgehead atoms. The van der Waals surface area contributed by atoms with Gasteiger partial charge in [-0.2, -0.15) is 0 Å². The van der Waals surface area contributed by atoms with Gasteiger partial charge in [0.05, 0.1) is 4.83 Å². The molecule has 0 saturated heterocycles. The maximum absolute atomic E-state index is 11.8. The molecule has 15 heavy (non-hydrogen) atoms. The van der Waals surface area contributed by atoms with E-state index in [1.165, 1.54) is 19.3 Å². The Morgan fingerprint density at radius 1 is 1.60 bits per heavy atom. The smallest absolute Gasteiger partial charge is 0.234 e. The third-order valence-corrected chi connectivity index (χ3v) is 4.79. The highest BCUT2D eigenvalue weighted by Crippen LogP contribution is 2.33. The summed E-state index contributed by atoms with van der Waals surface area (Å²) in [6.45, 7) is 6.45. The predicted molar refractivity (Wildman–Crippen MR) is 67.2 cm³/mol. The van der Waals surface area contributed by atoms with Gasteiger partial charge < -0.3 is 5.32 Å². The SMILES string of the molecule is CCC(Br)C(=O)NC1(C)CCCCC1C. The number of amides is 1. The Kier molecular flexibility index (Phi) is 4.63. The van der Waals surface area contributed by atoms with Gasteiger partial charge in [-0.1, -0.05) is 42.6 Å². The van der Waals surface area contributed by atoms with Gasteiger partial charge in [-0.25, -0.2) is 0 Å². The molecule has 3 atom stereocenters. The van der Waals surface area contributed by atoms with E-state index in [0.29, 0.717) is 5.92 Å². The minimum Gasteiger partial charge on any atom is -0.350 e. The van der Waals surface area contributed by atoms with Gasteiger partial charge >= 0.3 is 0 Å². The zero-order chi connectivity index (χ0) is 11.5. The fraction of sp³-hybridized carbons (Fsp3) is 0.917. The van der Waals surface area contributed by atoms with Crippen molar-refractivity contribution < 1.29 is 4.79 Å². The number of hydrogen-bond donors (Lipinski definition) is 1. The van der Waals surface area contributed by atoms with E-state index in [4.69, 9.17) is 0 Å². The van der Waals surface area contributed by atoms with Gasteiger partial charge in [-0.05, 0) is 32.1 Å². The quantitative estimate of drug-likeness (QED) is 0.788. The number of alkyl halides is 1. The summed E-state index contributed by atoms with van der Waals surface area (Å²) < 4.78 is 0. The number of nitrogens with one attached hydrogen (secondary N) is 1. The zero-order valence-electron chi connectivity index (χ0n) is 9.98. The van der Waals surface area contributed by atoms with E-state index in [2.05, 4.69) is 35.1 Å². The molecule has 3 unspecified atom stereocenters. The fourth-order valence-corrected chi connectivity index (χ4v) is 2.35. The van der Waals surface area contributed by atoms with Crippen molar-refractivity contribution in [3.05, 3.63) is 0 Å². The van der Waals surface area contributed by atoms with Gasteiger partial charge in [-0.3, -0.25) is 4.79 Å². The second-order valence-electron chi connectivity index (χ2n) is 4.93. The van der Waals surface area contributed by atoms with Crippen LogP contribution in [0.1, 0.15) is 52.9 Å². The van der Waals surface area contributed by atoms with Crippen LogP contribution >= 0.6 is 15.9 Å². The average Bonchev–Trinajstić information content (AvgIpc) is 2.21. The molecule has 88 valence electrons. The summed E-state index contributed by atoms with van der Waals surface area (Å²) in [4.78, 5) is 11.8. The molecule has 1 amide bonds. The normalized spacial score (nSPS) is 33.5. The lowest BCUT2D eigenvalue weighted by atomic mass is 9.75. The molecule has 0 radical (unpaired) electrons. The summed E-state index contributed by atoms with van der Waals surface area (Å²) in [7, 11) is 0. The summed E-state index contributed by atoms with van der Waals surface area (Å²) >= 11 is 3.40. The highest BCUT2D eigenvalue weighted by Gasteiger charge is 2.35. The number of halogens is 1. The topological polar surface area (TPSA) is 29.1 Å². The van der Waals surface area contributed by atoms with Crippen LogP contribution in [-0.4, -0.2) is 16.3 Å². The van der Waals surface area contributed by atoms with Crippen LogP contribution in [0.3, 0.4) is 0 Å². The Labute approximate surface area is 101 Å². The molecule has 0 aromatic carbocycles. The molecule has 1 fully saturated rings. The Hall–Kier alpha value is -0.0500. The number of carbonyl (C=O) groups excluding carboxylic acids is 1. The molecule has 1 aliphatic rings. The van der Waals surface area contributed by atoms with Crippen molar-refractivity contribution in [1.82, 2.24) is 5.32 Å². The van der Waals surface area contributed by atoms with Crippen LogP contribution in [0.15, 0.2) is 0 Å². The Bertz CT molecular complexity index is 232. The minimum absolute atomic E-state index is 0.0104. The summed E-state index contributed by atoms with van der Waals surface area (Å²) in [6.07, 6.45) is 5.73. The molecule has 0 aromatic heterocycles. The van der Waals surface area contributed by atoms with Crippen molar-refractivity contribution in [3.8, 4) is 0 Å². The van der Waals surface area contributed by atoms with E-state index in [1.54, 1.807) is 0 Å². The van der Waals surface area contributed by atoms with Crippen LogP contribution < -0.4 is 5.32 Å². The molecular formula is C12H22BrNO. The summed E-state index contributed by atoms with van der Waals surface area (Å²) in [6, 6.07) is 0. The lowest BCUT2D eigenvalue weighted by molar-refractivity contribution is -0.123. The first-order chi connectivity index (χ1) is 6.99. The van der Waals surface area contributed by atoms with Crippen LogP contribution in [0.5, 0.6) is 0 Å². The van der Waals surface area contributed by atoms with Gasteiger partial charge in [0.15, 0.2) is 0 Å². The fourth-order valence-electron chi connectivity index (χ4n) is 2.24. The molecule has 3 heteroatoms. The number of rotatable bonds is 3. The first-order valence-corrected chi connectivity index (χ1v) is 6.87. The molecule has 1 N–H and O–H groups in total. The maximum atomic E-state index is 11.8. The summed E-state index contributed by atoms with van der Waals surface area (Å²) in [5, 5.41) is 3.21. The molecule has 2 nitrogen and oxygen atoms in total. The standard InChI is InChI=1S/C12H22BrNO/c1-4-10(13)11(15)14-12(3)8-6-5-7-9(12)2/h9-10H,4-8H2,1-3H3,(H,14,15). The van der Waals surface area contributed by atoms with E-state index >= 15 is 0 Å². The van der Waals surface area contributed by atoms with Crippen LogP contribution in [0, 0.1) is 5.92 Å². The zero-order valence-corrected chi connectivity index (χ0v) is 11.6. The van der Waals surface area contributed by atoms with Crippen molar-refractivity contribution in [1.29, 1.82) is 0 Å². The number of carbonyl (C=O) groups is 1. The largest absolute Gasteiger partial charge is 0.350 e. The second kappa shape index (κ2) is 5.33. The lowest BCUT2D eigenvalue weighted by Crippen LogP contribution is -2.53. The Morgan fingerprint density at radius 2 is 2.27 bits per heavy atom. The molecule has 1 saturated carbocycles. The third kappa shape index (κ3) is 3.20. The van der Waals surface area contributed by atoms with Crippen molar-refractivity contribution in [2.75, 3.05) is 0 Å². The number of hydrogen-bond acceptors (Lipinski definition) is 1. The summed E-state index contributed by atoms with van der Waals surface area (Å²) in [5.41, 5.74) is 0.0104. The summed E-state index contributed by atoms with van der Waals surface area (Å²) in [5.74, 6) is 0.737. The predicted octanol–water partition coefficient (Wildman–Crippen LogP) is 3.24. The monoisotopic (exact) mass is 275 g/mol. The molecule has 0 aliphatic heterocycles. The van der Waals surface area contributed by atoms with Crippen molar-refractivity contribution in [2.24, 2.45) is 5.92 Å². The van der Waals surface area contributed by atoms with Crippen molar-refractivity contribution in [2.45, 2.75) is 63.2 Å². The van der Waals surface area contributed by atoms with Crippen molar-refractivity contribution in [3.63, 3.8) is 0 Å². The highest BCUT2D eigenvalue weighted by atomic mass is 79.9. The first kappa shape index (κ1) is 13.0. The van der Waals surface area contributed by atoms with Crippen LogP contribution in [0.2, 0.25) is 0 Å². The molecule has 0 heterocycles. The third-order valence-electron chi connectivity index (χ3n) is 3.72. The maximum Gasteiger partial charge on any atom is 0.234 e. The van der Waals surface area contributed by atoms with Crippen molar-refractivity contribution >= 4 is 21.8 Å². The van der Waals surface area contributed by atoms with E-state index in [0.717, 1.165) is 12.8 Å². The Morgan fingerprint density at radius 3 is 2.80 bits per heavy atom. The minimum atomic E-state index is -0.0385. The Balaban J connectivity index is 2.58. The van der Waals surface area contributed by atoms with Gasteiger partial charge in [0.2, 0.25) is 5.91 Å².